The molecule has 6 heteroatoms. The normalized spacial score (nSPS) is 11.6. The van der Waals surface area contributed by atoms with E-state index in [-0.39, 0.29) is 0 Å². The average Bonchev–Trinajstić information content (AvgIpc) is 2.50. The molecular weight excluding hydrogens is 230 g/mol. The molecule has 4 nitrogen and oxygen atoms in total. The van der Waals surface area contributed by atoms with Gasteiger partial charge in [-0.3, -0.25) is 4.79 Å². The number of amides is 1. The molecule has 0 spiro atoms. The molecule has 0 aliphatic rings. The molecule has 96 valence electrons. The maximum Gasteiger partial charge on any atom is 0.277 e. The number of rotatable bonds is 4. The largest absolute Gasteiger partial charge is 0.466 e. The number of hydrogen-bond donors (Lipinski definition) is 2. The number of halogens is 2. The van der Waals surface area contributed by atoms with E-state index in [1.165, 1.54) is 0 Å². The van der Waals surface area contributed by atoms with E-state index in [0.29, 0.717) is 22.6 Å². The minimum Gasteiger partial charge on any atom is -0.466 e. The van der Waals surface area contributed by atoms with Gasteiger partial charge in [0.2, 0.25) is 0 Å². The van der Waals surface area contributed by atoms with E-state index in [9.17, 15) is 13.6 Å². The molecule has 1 rings (SSSR count). The third-order valence-corrected chi connectivity index (χ3v) is 2.59. The lowest BCUT2D eigenvalue weighted by Gasteiger charge is -2.14. The van der Waals surface area contributed by atoms with Crippen molar-refractivity contribution in [1.82, 2.24) is 5.32 Å². The highest BCUT2D eigenvalue weighted by atomic mass is 19.3. The van der Waals surface area contributed by atoms with Crippen LogP contribution in [0.3, 0.4) is 0 Å². The van der Waals surface area contributed by atoms with Gasteiger partial charge >= 0.3 is 0 Å². The quantitative estimate of drug-likeness (QED) is 0.846. The molecule has 1 amide bonds. The summed E-state index contributed by atoms with van der Waals surface area (Å²) in [5.74, 6) is -2.62. The first-order valence-corrected chi connectivity index (χ1v) is 5.21. The molecule has 0 unspecified atom stereocenters. The second-order valence-electron chi connectivity index (χ2n) is 3.96. The summed E-state index contributed by atoms with van der Waals surface area (Å²) in [5, 5.41) is 2.16. The van der Waals surface area contributed by atoms with E-state index >= 15 is 0 Å². The highest BCUT2D eigenvalue weighted by molar-refractivity contribution is 5.96. The molecule has 0 aromatic carbocycles. The molecule has 0 aliphatic heterocycles. The van der Waals surface area contributed by atoms with Crippen LogP contribution < -0.4 is 11.1 Å². The van der Waals surface area contributed by atoms with Crippen molar-refractivity contribution in [1.29, 1.82) is 0 Å². The molecule has 0 aliphatic carbocycles. The van der Waals surface area contributed by atoms with Crippen molar-refractivity contribution < 1.29 is 18.0 Å². The zero-order valence-corrected chi connectivity index (χ0v) is 10.1. The lowest BCUT2D eigenvalue weighted by molar-refractivity contribution is 0.0118. The number of carbonyl (C=O) groups is 1. The Hall–Kier alpha value is -1.43. The molecule has 0 saturated heterocycles. The maximum absolute atomic E-state index is 12.9. The molecule has 0 saturated carbocycles. The molecule has 0 fully saturated rings. The van der Waals surface area contributed by atoms with Crippen molar-refractivity contribution in [3.63, 3.8) is 0 Å². The van der Waals surface area contributed by atoms with Gasteiger partial charge in [-0.25, -0.2) is 8.78 Å². The lowest BCUT2D eigenvalue weighted by Crippen LogP contribution is -2.41. The van der Waals surface area contributed by atoms with Crippen LogP contribution in [0.1, 0.15) is 27.4 Å². The number of furan rings is 1. The van der Waals surface area contributed by atoms with Crippen LogP contribution in [0.15, 0.2) is 4.42 Å². The van der Waals surface area contributed by atoms with Gasteiger partial charge in [0.15, 0.2) is 0 Å². The van der Waals surface area contributed by atoms with Gasteiger partial charge in [0.1, 0.15) is 11.5 Å². The molecule has 17 heavy (non-hydrogen) atoms. The van der Waals surface area contributed by atoms with E-state index in [0.717, 1.165) is 0 Å². The molecule has 1 aromatic rings. The Kier molecular flexibility index (Phi) is 3.87. The van der Waals surface area contributed by atoms with Gasteiger partial charge in [0.25, 0.3) is 11.8 Å². The van der Waals surface area contributed by atoms with E-state index in [4.69, 9.17) is 10.2 Å². The lowest BCUT2D eigenvalue weighted by atomic mass is 10.1. The minimum absolute atomic E-state index is 0.315. The standard InChI is InChI=1S/C11H16F2N2O2/c1-6-7(2)17-8(3)9(6)10(16)15-5-11(12,13)4-14/h4-5,14H2,1-3H3,(H,15,16). The zero-order valence-electron chi connectivity index (χ0n) is 10.1. The molecule has 0 atom stereocenters. The SMILES string of the molecule is Cc1oc(C)c(C(=O)NCC(F)(F)CN)c1C. The Morgan fingerprint density at radius 2 is 1.94 bits per heavy atom. The van der Waals surface area contributed by atoms with E-state index < -0.39 is 24.9 Å². The van der Waals surface area contributed by atoms with Crippen LogP contribution in [0.4, 0.5) is 8.78 Å². The number of nitrogens with one attached hydrogen (secondary N) is 1. The fourth-order valence-electron chi connectivity index (χ4n) is 1.50. The van der Waals surface area contributed by atoms with Crippen LogP contribution in [0, 0.1) is 20.8 Å². The molecule has 1 aromatic heterocycles. The summed E-state index contributed by atoms with van der Waals surface area (Å²) in [6.07, 6.45) is 0. The minimum atomic E-state index is -3.09. The number of aryl methyl sites for hydroxylation is 2. The fraction of sp³-hybridized carbons (Fsp3) is 0.545. The van der Waals surface area contributed by atoms with Crippen LogP contribution in [0.2, 0.25) is 0 Å². The third-order valence-electron chi connectivity index (χ3n) is 2.59. The number of alkyl halides is 2. The summed E-state index contributed by atoms with van der Waals surface area (Å²) < 4.78 is 31.0. The van der Waals surface area contributed by atoms with Gasteiger partial charge in [-0.15, -0.1) is 0 Å². The Bertz CT molecular complexity index is 427. The summed E-state index contributed by atoms with van der Waals surface area (Å²) >= 11 is 0. The van der Waals surface area contributed by atoms with Crippen LogP contribution in [0.5, 0.6) is 0 Å². The molecule has 1 heterocycles. The number of nitrogens with two attached hydrogens (primary N) is 1. The Morgan fingerprint density at radius 1 is 1.35 bits per heavy atom. The van der Waals surface area contributed by atoms with Gasteiger partial charge < -0.3 is 15.5 Å². The summed E-state index contributed by atoms with van der Waals surface area (Å²) in [4.78, 5) is 11.7. The summed E-state index contributed by atoms with van der Waals surface area (Å²) in [7, 11) is 0. The highest BCUT2D eigenvalue weighted by Gasteiger charge is 2.28. The zero-order chi connectivity index (χ0) is 13.2. The van der Waals surface area contributed by atoms with Crippen LogP contribution in [-0.2, 0) is 0 Å². The predicted molar refractivity (Wildman–Crippen MR) is 59.3 cm³/mol. The van der Waals surface area contributed by atoms with Crippen molar-refractivity contribution in [2.45, 2.75) is 26.7 Å². The topological polar surface area (TPSA) is 68.3 Å². The Labute approximate surface area is 98.2 Å². The third kappa shape index (κ3) is 3.03. The Balaban J connectivity index is 2.78. The van der Waals surface area contributed by atoms with Crippen LogP contribution >= 0.6 is 0 Å². The monoisotopic (exact) mass is 246 g/mol. The van der Waals surface area contributed by atoms with E-state index in [2.05, 4.69) is 5.32 Å². The average molecular weight is 246 g/mol. The summed E-state index contributed by atoms with van der Waals surface area (Å²) in [6, 6.07) is 0. The smallest absolute Gasteiger partial charge is 0.277 e. The first-order chi connectivity index (χ1) is 7.78. The summed E-state index contributed by atoms with van der Waals surface area (Å²) in [6.45, 7) is 3.48. The van der Waals surface area contributed by atoms with Crippen molar-refractivity contribution in [3.05, 3.63) is 22.6 Å². The van der Waals surface area contributed by atoms with Gasteiger partial charge in [0, 0.05) is 5.56 Å². The fourth-order valence-corrected chi connectivity index (χ4v) is 1.50. The molecule has 0 radical (unpaired) electrons. The van der Waals surface area contributed by atoms with Gasteiger partial charge in [-0.05, 0) is 20.8 Å². The summed E-state index contributed by atoms with van der Waals surface area (Å²) in [5.41, 5.74) is 5.85. The first-order valence-electron chi connectivity index (χ1n) is 5.21. The molecule has 3 N–H and O–H groups in total. The van der Waals surface area contributed by atoms with Crippen LogP contribution in [0.25, 0.3) is 0 Å². The second kappa shape index (κ2) is 4.83. The van der Waals surface area contributed by atoms with Crippen molar-refractivity contribution in [2.75, 3.05) is 13.1 Å². The number of carbonyl (C=O) groups excluding carboxylic acids is 1. The predicted octanol–water partition coefficient (Wildman–Crippen LogP) is 1.53. The van der Waals surface area contributed by atoms with Gasteiger partial charge in [-0.2, -0.15) is 0 Å². The first kappa shape index (κ1) is 13.6. The van der Waals surface area contributed by atoms with Gasteiger partial charge in [-0.1, -0.05) is 0 Å². The Morgan fingerprint density at radius 3 is 2.35 bits per heavy atom. The number of hydrogen-bond acceptors (Lipinski definition) is 3. The van der Waals surface area contributed by atoms with Crippen LogP contribution in [-0.4, -0.2) is 24.9 Å². The second-order valence-corrected chi connectivity index (χ2v) is 3.96. The van der Waals surface area contributed by atoms with E-state index in [1.54, 1.807) is 20.8 Å². The van der Waals surface area contributed by atoms with E-state index in [1.807, 2.05) is 0 Å². The van der Waals surface area contributed by atoms with Crippen molar-refractivity contribution in [3.8, 4) is 0 Å². The maximum atomic E-state index is 12.9. The highest BCUT2D eigenvalue weighted by Crippen LogP contribution is 2.20. The van der Waals surface area contributed by atoms with Crippen molar-refractivity contribution in [2.24, 2.45) is 5.73 Å². The van der Waals surface area contributed by atoms with Gasteiger partial charge in [0.05, 0.1) is 18.7 Å². The molecule has 0 bridgehead atoms. The molecular formula is C11H16F2N2O2. The van der Waals surface area contributed by atoms with Crippen molar-refractivity contribution >= 4 is 5.91 Å².